The highest BCUT2D eigenvalue weighted by Crippen LogP contribution is 2.23. The van der Waals surface area contributed by atoms with Crippen molar-refractivity contribution in [3.63, 3.8) is 0 Å². The molecule has 0 fully saturated rings. The Morgan fingerprint density at radius 2 is 2.11 bits per heavy atom. The van der Waals surface area contributed by atoms with E-state index in [9.17, 15) is 9.59 Å². The minimum absolute atomic E-state index is 0.172. The minimum atomic E-state index is -1.01. The normalized spacial score (nSPS) is 10.1. The van der Waals surface area contributed by atoms with E-state index in [0.717, 1.165) is 11.3 Å². The van der Waals surface area contributed by atoms with Gasteiger partial charge in [-0.05, 0) is 40.2 Å². The van der Waals surface area contributed by atoms with Gasteiger partial charge in [-0.15, -0.1) is 11.3 Å². The predicted octanol–water partition coefficient (Wildman–Crippen LogP) is 2.86. The number of thiophene rings is 1. The molecule has 0 aliphatic heterocycles. The number of carboxylic acid groups (broad SMARTS) is 1. The zero-order valence-corrected chi connectivity index (χ0v) is 11.3. The zero-order chi connectivity index (χ0) is 13.1. The average Bonchev–Trinajstić information content (AvgIpc) is 2.78. The van der Waals surface area contributed by atoms with Gasteiger partial charge in [-0.1, -0.05) is 0 Å². The molecule has 92 valence electrons. The molecule has 0 aliphatic rings. The molecule has 2 aromatic rings. The van der Waals surface area contributed by atoms with Crippen molar-refractivity contribution in [2.24, 2.45) is 0 Å². The molecule has 2 N–H and O–H groups in total. The van der Waals surface area contributed by atoms with Gasteiger partial charge in [0.2, 0.25) is 0 Å². The lowest BCUT2D eigenvalue weighted by molar-refractivity contribution is 0.0702. The molecule has 5 nitrogen and oxygen atoms in total. The summed E-state index contributed by atoms with van der Waals surface area (Å²) in [7, 11) is 0. The number of hydrogen-bond acceptors (Lipinski definition) is 4. The number of halogens is 1. The quantitative estimate of drug-likeness (QED) is 0.908. The maximum Gasteiger partial charge on any atom is 0.345 e. The summed E-state index contributed by atoms with van der Waals surface area (Å²) >= 11 is 4.22. The van der Waals surface area contributed by atoms with Crippen LogP contribution >= 0.6 is 27.3 Å². The van der Waals surface area contributed by atoms with Crippen LogP contribution in [0.2, 0.25) is 0 Å². The van der Waals surface area contributed by atoms with E-state index in [1.54, 1.807) is 18.2 Å². The van der Waals surface area contributed by atoms with Gasteiger partial charge in [0.15, 0.2) is 0 Å². The molecule has 0 atom stereocenters. The minimum Gasteiger partial charge on any atom is -0.477 e. The van der Waals surface area contributed by atoms with E-state index in [1.165, 1.54) is 12.3 Å². The van der Waals surface area contributed by atoms with Crippen LogP contribution in [0.15, 0.2) is 34.9 Å². The third-order valence-corrected chi connectivity index (χ3v) is 3.66. The zero-order valence-electron chi connectivity index (χ0n) is 8.88. The number of nitrogens with one attached hydrogen (secondary N) is 1. The first kappa shape index (κ1) is 12.7. The van der Waals surface area contributed by atoms with Gasteiger partial charge in [0, 0.05) is 10.7 Å². The summed E-state index contributed by atoms with van der Waals surface area (Å²) in [6.07, 6.45) is 1.51. The van der Waals surface area contributed by atoms with E-state index in [4.69, 9.17) is 5.11 Å². The first-order valence-electron chi connectivity index (χ1n) is 4.83. The molecule has 2 aromatic heterocycles. The number of pyridine rings is 1. The molecule has 0 unspecified atom stereocenters. The van der Waals surface area contributed by atoms with Gasteiger partial charge in [-0.25, -0.2) is 9.78 Å². The van der Waals surface area contributed by atoms with E-state index in [1.807, 2.05) is 0 Å². The molecule has 0 radical (unpaired) electrons. The van der Waals surface area contributed by atoms with E-state index >= 15 is 0 Å². The summed E-state index contributed by atoms with van der Waals surface area (Å²) in [6, 6.07) is 6.40. The highest BCUT2D eigenvalue weighted by atomic mass is 79.9. The molecule has 0 bridgehead atoms. The molecule has 2 heterocycles. The SMILES string of the molecule is O=C(O)c1ccc(NC(=O)c2ncccc2Br)s1. The Kier molecular flexibility index (Phi) is 3.73. The molecule has 0 aromatic carbocycles. The third kappa shape index (κ3) is 2.74. The van der Waals surface area contributed by atoms with Crippen molar-refractivity contribution in [3.8, 4) is 0 Å². The molecule has 0 saturated heterocycles. The van der Waals surface area contributed by atoms with Gasteiger partial charge >= 0.3 is 5.97 Å². The third-order valence-electron chi connectivity index (χ3n) is 2.03. The molecular formula is C11H7BrN2O3S. The van der Waals surface area contributed by atoms with Crippen LogP contribution in [0.4, 0.5) is 5.00 Å². The second-order valence-corrected chi connectivity index (χ2v) is 5.20. The summed E-state index contributed by atoms with van der Waals surface area (Å²) in [4.78, 5) is 26.7. The van der Waals surface area contributed by atoms with Crippen LogP contribution in [0.1, 0.15) is 20.2 Å². The van der Waals surface area contributed by atoms with Crippen molar-refractivity contribution in [1.82, 2.24) is 4.98 Å². The first-order chi connectivity index (χ1) is 8.58. The second kappa shape index (κ2) is 5.28. The van der Waals surface area contributed by atoms with Crippen LogP contribution in [-0.4, -0.2) is 22.0 Å². The lowest BCUT2D eigenvalue weighted by Gasteiger charge is -2.02. The van der Waals surface area contributed by atoms with Crippen LogP contribution in [0.3, 0.4) is 0 Å². The fourth-order valence-corrected chi connectivity index (χ4v) is 2.42. The molecule has 2 rings (SSSR count). The summed E-state index contributed by atoms with van der Waals surface area (Å²) in [5, 5.41) is 11.8. The van der Waals surface area contributed by atoms with Crippen molar-refractivity contribution >= 4 is 44.1 Å². The lowest BCUT2D eigenvalue weighted by Crippen LogP contribution is -2.13. The van der Waals surface area contributed by atoms with Gasteiger partial charge in [0.25, 0.3) is 5.91 Å². The number of nitrogens with zero attached hydrogens (tertiary/aromatic N) is 1. The molecule has 1 amide bonds. The standard InChI is InChI=1S/C11H7BrN2O3S/c12-6-2-1-5-13-9(6)10(15)14-8-4-3-7(18-8)11(16)17/h1-5H,(H,14,15)(H,16,17). The fourth-order valence-electron chi connectivity index (χ4n) is 1.24. The number of carboxylic acids is 1. The largest absolute Gasteiger partial charge is 0.477 e. The Bertz CT molecular complexity index is 612. The Labute approximate surface area is 115 Å². The predicted molar refractivity (Wildman–Crippen MR) is 71.2 cm³/mol. The van der Waals surface area contributed by atoms with Gasteiger partial charge in [0.05, 0.1) is 5.00 Å². The van der Waals surface area contributed by atoms with Gasteiger partial charge in [0.1, 0.15) is 10.6 Å². The smallest absolute Gasteiger partial charge is 0.345 e. The highest BCUT2D eigenvalue weighted by molar-refractivity contribution is 9.10. The van der Waals surface area contributed by atoms with Crippen LogP contribution in [0.25, 0.3) is 0 Å². The average molecular weight is 327 g/mol. The monoisotopic (exact) mass is 326 g/mol. The van der Waals surface area contributed by atoms with E-state index in [0.29, 0.717) is 9.47 Å². The molecular weight excluding hydrogens is 320 g/mol. The topological polar surface area (TPSA) is 79.3 Å². The van der Waals surface area contributed by atoms with Gasteiger partial charge < -0.3 is 10.4 Å². The Hall–Kier alpha value is -1.73. The van der Waals surface area contributed by atoms with Crippen molar-refractivity contribution in [2.45, 2.75) is 0 Å². The van der Waals surface area contributed by atoms with Crippen LogP contribution < -0.4 is 5.32 Å². The Morgan fingerprint density at radius 1 is 1.33 bits per heavy atom. The number of hydrogen-bond donors (Lipinski definition) is 2. The Balaban J connectivity index is 2.16. The van der Waals surface area contributed by atoms with E-state index < -0.39 is 5.97 Å². The molecule has 18 heavy (non-hydrogen) atoms. The lowest BCUT2D eigenvalue weighted by atomic mass is 10.3. The number of anilines is 1. The molecule has 0 aliphatic carbocycles. The summed E-state index contributed by atoms with van der Waals surface area (Å²) in [5.74, 6) is -1.40. The molecule has 0 spiro atoms. The van der Waals surface area contributed by atoms with Gasteiger partial charge in [-0.2, -0.15) is 0 Å². The van der Waals surface area contributed by atoms with Gasteiger partial charge in [-0.3, -0.25) is 4.79 Å². The van der Waals surface area contributed by atoms with E-state index in [2.05, 4.69) is 26.2 Å². The van der Waals surface area contributed by atoms with Crippen molar-refractivity contribution in [1.29, 1.82) is 0 Å². The van der Waals surface area contributed by atoms with Crippen LogP contribution in [-0.2, 0) is 0 Å². The summed E-state index contributed by atoms with van der Waals surface area (Å²) in [5.41, 5.74) is 0.253. The maximum absolute atomic E-state index is 11.9. The number of carbonyl (C=O) groups is 2. The number of aromatic carboxylic acids is 1. The maximum atomic E-state index is 11.9. The molecule has 7 heteroatoms. The number of rotatable bonds is 3. The highest BCUT2D eigenvalue weighted by Gasteiger charge is 2.13. The van der Waals surface area contributed by atoms with Crippen molar-refractivity contribution < 1.29 is 14.7 Å². The van der Waals surface area contributed by atoms with Crippen LogP contribution in [0.5, 0.6) is 0 Å². The summed E-state index contributed by atoms with van der Waals surface area (Å²) < 4.78 is 0.581. The number of aromatic nitrogens is 1. The van der Waals surface area contributed by atoms with Crippen molar-refractivity contribution in [3.05, 3.63) is 45.5 Å². The number of amides is 1. The summed E-state index contributed by atoms with van der Waals surface area (Å²) in [6.45, 7) is 0. The van der Waals surface area contributed by atoms with E-state index in [-0.39, 0.29) is 16.5 Å². The number of carbonyl (C=O) groups excluding carboxylic acids is 1. The second-order valence-electron chi connectivity index (χ2n) is 3.26. The van der Waals surface area contributed by atoms with Crippen LogP contribution in [0, 0.1) is 0 Å². The van der Waals surface area contributed by atoms with Crippen molar-refractivity contribution in [2.75, 3.05) is 5.32 Å². The first-order valence-corrected chi connectivity index (χ1v) is 6.44. The molecule has 0 saturated carbocycles. The fraction of sp³-hybridized carbons (Fsp3) is 0. The Morgan fingerprint density at radius 3 is 2.72 bits per heavy atom.